The number of esters is 1. The zero-order valence-corrected chi connectivity index (χ0v) is 14.7. The van der Waals surface area contributed by atoms with Crippen molar-refractivity contribution in [3.8, 4) is 11.1 Å². The molecule has 0 aliphatic carbocycles. The third kappa shape index (κ3) is 3.95. The van der Waals surface area contributed by atoms with E-state index in [2.05, 4.69) is 10.3 Å². The van der Waals surface area contributed by atoms with Crippen LogP contribution in [0.1, 0.15) is 27.6 Å². The lowest BCUT2D eigenvalue weighted by molar-refractivity contribution is 0.0527. The SMILES string of the molecule is CCOC(=O)c1ccccc1NC(=O)c1c(-c2ccccc2)cc[nH]c1=O. The Morgan fingerprint density at radius 3 is 2.44 bits per heavy atom. The fourth-order valence-corrected chi connectivity index (χ4v) is 2.73. The minimum absolute atomic E-state index is 0.0256. The van der Waals surface area contributed by atoms with Crippen LogP contribution in [0.15, 0.2) is 71.7 Å². The molecular formula is C21H18N2O4. The Kier molecular flexibility index (Phi) is 5.47. The Bertz CT molecular complexity index is 1030. The van der Waals surface area contributed by atoms with Gasteiger partial charge in [0.15, 0.2) is 0 Å². The lowest BCUT2D eigenvalue weighted by Gasteiger charge is -2.12. The van der Waals surface area contributed by atoms with Crippen molar-refractivity contribution in [2.45, 2.75) is 6.92 Å². The van der Waals surface area contributed by atoms with E-state index in [9.17, 15) is 14.4 Å². The van der Waals surface area contributed by atoms with E-state index in [1.54, 1.807) is 37.3 Å². The normalized spacial score (nSPS) is 10.3. The molecule has 6 nitrogen and oxygen atoms in total. The Hall–Kier alpha value is -3.67. The number of para-hydroxylation sites is 1. The summed E-state index contributed by atoms with van der Waals surface area (Å²) in [7, 11) is 0. The summed E-state index contributed by atoms with van der Waals surface area (Å²) in [6.45, 7) is 1.92. The third-order valence-corrected chi connectivity index (χ3v) is 3.94. The van der Waals surface area contributed by atoms with Crippen LogP contribution in [0.25, 0.3) is 11.1 Å². The van der Waals surface area contributed by atoms with Crippen molar-refractivity contribution >= 4 is 17.6 Å². The number of aromatic nitrogens is 1. The van der Waals surface area contributed by atoms with Gasteiger partial charge in [0.25, 0.3) is 11.5 Å². The van der Waals surface area contributed by atoms with Gasteiger partial charge in [0.05, 0.1) is 17.9 Å². The van der Waals surface area contributed by atoms with Gasteiger partial charge < -0.3 is 15.0 Å². The summed E-state index contributed by atoms with van der Waals surface area (Å²) in [4.78, 5) is 39.9. The van der Waals surface area contributed by atoms with Crippen molar-refractivity contribution in [2.24, 2.45) is 0 Å². The second-order valence-electron chi connectivity index (χ2n) is 5.68. The van der Waals surface area contributed by atoms with Gasteiger partial charge in [-0.15, -0.1) is 0 Å². The first-order chi connectivity index (χ1) is 13.1. The molecule has 0 bridgehead atoms. The lowest BCUT2D eigenvalue weighted by atomic mass is 10.0. The smallest absolute Gasteiger partial charge is 0.340 e. The van der Waals surface area contributed by atoms with Crippen LogP contribution in [0.2, 0.25) is 0 Å². The number of H-pyrrole nitrogens is 1. The summed E-state index contributed by atoms with van der Waals surface area (Å²) in [5.41, 5.74) is 1.22. The van der Waals surface area contributed by atoms with E-state index in [4.69, 9.17) is 4.74 Å². The highest BCUT2D eigenvalue weighted by Crippen LogP contribution is 2.23. The molecule has 136 valence electrons. The molecule has 1 amide bonds. The van der Waals surface area contributed by atoms with Crippen molar-refractivity contribution in [1.82, 2.24) is 4.98 Å². The molecule has 2 N–H and O–H groups in total. The van der Waals surface area contributed by atoms with E-state index in [1.165, 1.54) is 6.20 Å². The fraction of sp³-hybridized carbons (Fsp3) is 0.0952. The van der Waals surface area contributed by atoms with Crippen molar-refractivity contribution in [3.63, 3.8) is 0 Å². The Morgan fingerprint density at radius 1 is 1.00 bits per heavy atom. The number of pyridine rings is 1. The number of carbonyl (C=O) groups is 2. The summed E-state index contributed by atoms with van der Waals surface area (Å²) in [6.07, 6.45) is 1.49. The maximum atomic E-state index is 12.9. The highest BCUT2D eigenvalue weighted by molar-refractivity contribution is 6.10. The molecule has 3 rings (SSSR count). The molecule has 0 aliphatic heterocycles. The number of anilines is 1. The number of aromatic amines is 1. The monoisotopic (exact) mass is 362 g/mol. The first-order valence-corrected chi connectivity index (χ1v) is 8.46. The summed E-state index contributed by atoms with van der Waals surface area (Å²) in [5, 5.41) is 2.66. The molecule has 0 atom stereocenters. The number of hydrogen-bond acceptors (Lipinski definition) is 4. The Morgan fingerprint density at radius 2 is 1.70 bits per heavy atom. The molecule has 1 heterocycles. The Labute approximate surface area is 155 Å². The predicted octanol–water partition coefficient (Wildman–Crippen LogP) is 3.47. The molecular weight excluding hydrogens is 344 g/mol. The van der Waals surface area contributed by atoms with Crippen LogP contribution in [0.4, 0.5) is 5.69 Å². The van der Waals surface area contributed by atoms with Crippen LogP contribution >= 0.6 is 0 Å². The third-order valence-electron chi connectivity index (χ3n) is 3.94. The molecule has 6 heteroatoms. The molecule has 27 heavy (non-hydrogen) atoms. The molecule has 0 unspecified atom stereocenters. The number of rotatable bonds is 5. The minimum Gasteiger partial charge on any atom is -0.462 e. The second kappa shape index (κ2) is 8.14. The van der Waals surface area contributed by atoms with Crippen LogP contribution in [-0.4, -0.2) is 23.5 Å². The summed E-state index contributed by atoms with van der Waals surface area (Å²) >= 11 is 0. The van der Waals surface area contributed by atoms with Gasteiger partial charge in [-0.05, 0) is 30.7 Å². The van der Waals surface area contributed by atoms with Crippen molar-refractivity contribution in [2.75, 3.05) is 11.9 Å². The van der Waals surface area contributed by atoms with Crippen molar-refractivity contribution in [3.05, 3.63) is 88.3 Å². The molecule has 3 aromatic rings. The molecule has 0 radical (unpaired) electrons. The van der Waals surface area contributed by atoms with E-state index in [-0.39, 0.29) is 23.4 Å². The second-order valence-corrected chi connectivity index (χ2v) is 5.68. The first-order valence-electron chi connectivity index (χ1n) is 8.46. The maximum Gasteiger partial charge on any atom is 0.340 e. The molecule has 0 saturated carbocycles. The largest absolute Gasteiger partial charge is 0.462 e. The maximum absolute atomic E-state index is 12.9. The average Bonchev–Trinajstić information content (AvgIpc) is 2.69. The first kappa shape index (κ1) is 18.1. The number of hydrogen-bond donors (Lipinski definition) is 2. The van der Waals surface area contributed by atoms with Gasteiger partial charge in [-0.1, -0.05) is 42.5 Å². The van der Waals surface area contributed by atoms with E-state index in [1.807, 2.05) is 30.3 Å². The number of carbonyl (C=O) groups excluding carboxylic acids is 2. The molecule has 2 aromatic carbocycles. The van der Waals surface area contributed by atoms with Crippen LogP contribution in [-0.2, 0) is 4.74 Å². The summed E-state index contributed by atoms with van der Waals surface area (Å²) in [5.74, 6) is -1.15. The van der Waals surface area contributed by atoms with Crippen LogP contribution < -0.4 is 10.9 Å². The van der Waals surface area contributed by atoms with Crippen LogP contribution in [0.5, 0.6) is 0 Å². The van der Waals surface area contributed by atoms with Gasteiger partial charge in [0.1, 0.15) is 5.56 Å². The van der Waals surface area contributed by atoms with E-state index < -0.39 is 17.4 Å². The minimum atomic E-state index is -0.604. The van der Waals surface area contributed by atoms with Crippen molar-refractivity contribution < 1.29 is 14.3 Å². The topological polar surface area (TPSA) is 88.3 Å². The molecule has 0 fully saturated rings. The predicted molar refractivity (Wildman–Crippen MR) is 103 cm³/mol. The van der Waals surface area contributed by atoms with E-state index in [0.717, 1.165) is 5.56 Å². The molecule has 1 aromatic heterocycles. The Balaban J connectivity index is 2.00. The molecule has 0 spiro atoms. The summed E-state index contributed by atoms with van der Waals surface area (Å²) in [6, 6.07) is 17.3. The average molecular weight is 362 g/mol. The summed E-state index contributed by atoms with van der Waals surface area (Å²) < 4.78 is 5.01. The van der Waals surface area contributed by atoms with Crippen LogP contribution in [0.3, 0.4) is 0 Å². The number of benzene rings is 2. The standard InChI is InChI=1S/C21H18N2O4/c1-2-27-21(26)16-10-6-7-11-17(16)23-20(25)18-15(12-13-22-19(18)24)14-8-4-3-5-9-14/h3-13H,2H2,1H3,(H,22,24)(H,23,25). The highest BCUT2D eigenvalue weighted by atomic mass is 16.5. The number of ether oxygens (including phenoxy) is 1. The molecule has 0 aliphatic rings. The zero-order valence-electron chi connectivity index (χ0n) is 14.7. The van der Waals surface area contributed by atoms with E-state index in [0.29, 0.717) is 5.56 Å². The lowest BCUT2D eigenvalue weighted by Crippen LogP contribution is -2.25. The van der Waals surface area contributed by atoms with Gasteiger partial charge in [0, 0.05) is 11.8 Å². The fourth-order valence-electron chi connectivity index (χ4n) is 2.73. The van der Waals surface area contributed by atoms with Gasteiger partial charge in [-0.3, -0.25) is 9.59 Å². The number of amides is 1. The zero-order chi connectivity index (χ0) is 19.2. The van der Waals surface area contributed by atoms with Gasteiger partial charge in [-0.25, -0.2) is 4.79 Å². The van der Waals surface area contributed by atoms with Gasteiger partial charge >= 0.3 is 5.97 Å². The highest BCUT2D eigenvalue weighted by Gasteiger charge is 2.20. The quantitative estimate of drug-likeness (QED) is 0.680. The number of nitrogens with one attached hydrogen (secondary N) is 2. The van der Waals surface area contributed by atoms with Gasteiger partial charge in [-0.2, -0.15) is 0 Å². The molecule has 0 saturated heterocycles. The van der Waals surface area contributed by atoms with Gasteiger partial charge in [0.2, 0.25) is 0 Å². The van der Waals surface area contributed by atoms with Crippen LogP contribution in [0, 0.1) is 0 Å². The van der Waals surface area contributed by atoms with Crippen molar-refractivity contribution in [1.29, 1.82) is 0 Å². The van der Waals surface area contributed by atoms with E-state index >= 15 is 0 Å².